The molecule has 0 spiro atoms. The standard InChI is InChI=1S/C10H19NO2/c1-8(7-13-2)10(12)5-3-9(11)4-6-10/h9,12H,1,3-7,11H2,2H3. The van der Waals surface area contributed by atoms with Crippen LogP contribution in [0.2, 0.25) is 0 Å². The highest BCUT2D eigenvalue weighted by Crippen LogP contribution is 2.32. The summed E-state index contributed by atoms with van der Waals surface area (Å²) in [5.74, 6) is 0. The average molecular weight is 185 g/mol. The molecule has 0 unspecified atom stereocenters. The molecule has 1 rings (SSSR count). The minimum Gasteiger partial charge on any atom is -0.385 e. The van der Waals surface area contributed by atoms with Crippen molar-refractivity contribution in [1.82, 2.24) is 0 Å². The highest BCUT2D eigenvalue weighted by atomic mass is 16.5. The van der Waals surface area contributed by atoms with E-state index in [0.717, 1.165) is 31.3 Å². The molecule has 0 aromatic carbocycles. The third-order valence-electron chi connectivity index (χ3n) is 2.83. The molecule has 0 radical (unpaired) electrons. The van der Waals surface area contributed by atoms with E-state index < -0.39 is 5.60 Å². The number of hydrogen-bond donors (Lipinski definition) is 2. The number of rotatable bonds is 3. The van der Waals surface area contributed by atoms with E-state index in [1.54, 1.807) is 7.11 Å². The van der Waals surface area contributed by atoms with E-state index in [4.69, 9.17) is 10.5 Å². The second-order valence-electron chi connectivity index (χ2n) is 3.91. The summed E-state index contributed by atoms with van der Waals surface area (Å²) in [4.78, 5) is 0. The van der Waals surface area contributed by atoms with Crippen LogP contribution in [0.5, 0.6) is 0 Å². The lowest BCUT2D eigenvalue weighted by molar-refractivity contribution is 0.0220. The molecular formula is C10H19NO2. The van der Waals surface area contributed by atoms with Gasteiger partial charge in [-0.3, -0.25) is 0 Å². The maximum absolute atomic E-state index is 10.2. The highest BCUT2D eigenvalue weighted by molar-refractivity contribution is 5.14. The van der Waals surface area contributed by atoms with Gasteiger partial charge in [-0.25, -0.2) is 0 Å². The minimum absolute atomic E-state index is 0.246. The molecule has 0 aromatic heterocycles. The predicted molar refractivity (Wildman–Crippen MR) is 52.4 cm³/mol. The highest BCUT2D eigenvalue weighted by Gasteiger charge is 2.34. The van der Waals surface area contributed by atoms with Crippen molar-refractivity contribution in [2.24, 2.45) is 5.73 Å². The van der Waals surface area contributed by atoms with Crippen LogP contribution in [0.4, 0.5) is 0 Å². The van der Waals surface area contributed by atoms with Crippen molar-refractivity contribution in [2.75, 3.05) is 13.7 Å². The van der Waals surface area contributed by atoms with E-state index >= 15 is 0 Å². The molecule has 1 aliphatic rings. The fraction of sp³-hybridized carbons (Fsp3) is 0.800. The van der Waals surface area contributed by atoms with Gasteiger partial charge in [-0.2, -0.15) is 0 Å². The van der Waals surface area contributed by atoms with Gasteiger partial charge in [0, 0.05) is 13.2 Å². The summed E-state index contributed by atoms with van der Waals surface area (Å²) < 4.78 is 4.96. The zero-order valence-electron chi connectivity index (χ0n) is 8.25. The monoisotopic (exact) mass is 185 g/mol. The van der Waals surface area contributed by atoms with E-state index in [2.05, 4.69) is 6.58 Å². The van der Waals surface area contributed by atoms with Crippen molar-refractivity contribution in [3.8, 4) is 0 Å². The SMILES string of the molecule is C=C(COC)C1(O)CCC(N)CC1. The van der Waals surface area contributed by atoms with Gasteiger partial charge in [0.1, 0.15) is 0 Å². The molecular weight excluding hydrogens is 166 g/mol. The van der Waals surface area contributed by atoms with Crippen LogP contribution in [0.15, 0.2) is 12.2 Å². The van der Waals surface area contributed by atoms with E-state index in [1.165, 1.54) is 0 Å². The Morgan fingerprint density at radius 3 is 2.62 bits per heavy atom. The van der Waals surface area contributed by atoms with Gasteiger partial charge >= 0.3 is 0 Å². The quantitative estimate of drug-likeness (QED) is 0.640. The van der Waals surface area contributed by atoms with Crippen molar-refractivity contribution in [3.63, 3.8) is 0 Å². The Morgan fingerprint density at radius 2 is 2.15 bits per heavy atom. The molecule has 0 amide bonds. The molecule has 1 aliphatic carbocycles. The van der Waals surface area contributed by atoms with Crippen LogP contribution in [0.1, 0.15) is 25.7 Å². The minimum atomic E-state index is -0.730. The van der Waals surface area contributed by atoms with Crippen LogP contribution in [-0.4, -0.2) is 30.5 Å². The largest absolute Gasteiger partial charge is 0.385 e. The summed E-state index contributed by atoms with van der Waals surface area (Å²) in [5, 5.41) is 10.2. The van der Waals surface area contributed by atoms with Crippen LogP contribution in [0, 0.1) is 0 Å². The van der Waals surface area contributed by atoms with Crippen LogP contribution in [0.25, 0.3) is 0 Å². The molecule has 3 heteroatoms. The number of aliphatic hydroxyl groups is 1. The lowest BCUT2D eigenvalue weighted by atomic mass is 9.78. The van der Waals surface area contributed by atoms with Crippen molar-refractivity contribution in [3.05, 3.63) is 12.2 Å². The first-order valence-electron chi connectivity index (χ1n) is 4.73. The van der Waals surface area contributed by atoms with Gasteiger partial charge in [0.05, 0.1) is 12.2 Å². The number of nitrogens with two attached hydrogens (primary N) is 1. The van der Waals surface area contributed by atoms with Gasteiger partial charge < -0.3 is 15.6 Å². The van der Waals surface area contributed by atoms with Gasteiger partial charge in [0.15, 0.2) is 0 Å². The number of methoxy groups -OCH3 is 1. The molecule has 0 aromatic rings. The molecule has 0 atom stereocenters. The molecule has 3 N–H and O–H groups in total. The molecule has 0 aliphatic heterocycles. The molecule has 13 heavy (non-hydrogen) atoms. The zero-order valence-corrected chi connectivity index (χ0v) is 8.25. The number of ether oxygens (including phenoxy) is 1. The van der Waals surface area contributed by atoms with E-state index in [0.29, 0.717) is 6.61 Å². The Labute approximate surface area is 79.6 Å². The molecule has 76 valence electrons. The number of hydrogen-bond acceptors (Lipinski definition) is 3. The first-order chi connectivity index (χ1) is 6.08. The fourth-order valence-corrected chi connectivity index (χ4v) is 1.78. The normalized spacial score (nSPS) is 34.5. The predicted octanol–water partition coefficient (Wildman–Crippen LogP) is 0.821. The summed E-state index contributed by atoms with van der Waals surface area (Å²) in [5.41, 5.74) is 5.81. The fourth-order valence-electron chi connectivity index (χ4n) is 1.78. The molecule has 0 bridgehead atoms. The van der Waals surface area contributed by atoms with Crippen LogP contribution >= 0.6 is 0 Å². The van der Waals surface area contributed by atoms with E-state index in [1.807, 2.05) is 0 Å². The van der Waals surface area contributed by atoms with Gasteiger partial charge in [0.2, 0.25) is 0 Å². The Bertz CT molecular complexity index is 183. The van der Waals surface area contributed by atoms with Gasteiger partial charge in [0.25, 0.3) is 0 Å². The van der Waals surface area contributed by atoms with Crippen molar-refractivity contribution in [2.45, 2.75) is 37.3 Å². The molecule has 1 saturated carbocycles. The van der Waals surface area contributed by atoms with Gasteiger partial charge in [-0.1, -0.05) is 6.58 Å². The van der Waals surface area contributed by atoms with E-state index in [9.17, 15) is 5.11 Å². The van der Waals surface area contributed by atoms with Crippen LogP contribution in [-0.2, 0) is 4.74 Å². The smallest absolute Gasteiger partial charge is 0.0877 e. The first-order valence-corrected chi connectivity index (χ1v) is 4.73. The second kappa shape index (κ2) is 4.22. The van der Waals surface area contributed by atoms with Crippen LogP contribution < -0.4 is 5.73 Å². The maximum atomic E-state index is 10.2. The Morgan fingerprint density at radius 1 is 1.62 bits per heavy atom. The molecule has 3 nitrogen and oxygen atoms in total. The zero-order chi connectivity index (χ0) is 9.90. The molecule has 0 heterocycles. The topological polar surface area (TPSA) is 55.5 Å². The van der Waals surface area contributed by atoms with Gasteiger partial charge in [-0.15, -0.1) is 0 Å². The van der Waals surface area contributed by atoms with Crippen molar-refractivity contribution in [1.29, 1.82) is 0 Å². The Kier molecular flexibility index (Phi) is 3.47. The summed E-state index contributed by atoms with van der Waals surface area (Å²) >= 11 is 0. The summed E-state index contributed by atoms with van der Waals surface area (Å²) in [6, 6.07) is 0.246. The maximum Gasteiger partial charge on any atom is 0.0877 e. The Hall–Kier alpha value is -0.380. The third-order valence-corrected chi connectivity index (χ3v) is 2.83. The first kappa shape index (κ1) is 10.7. The van der Waals surface area contributed by atoms with Crippen LogP contribution in [0.3, 0.4) is 0 Å². The average Bonchev–Trinajstić information content (AvgIpc) is 2.11. The molecule has 1 fully saturated rings. The third kappa shape index (κ3) is 2.53. The Balaban J connectivity index is 2.51. The summed E-state index contributed by atoms with van der Waals surface area (Å²) in [6.45, 7) is 4.29. The lowest BCUT2D eigenvalue weighted by Gasteiger charge is -2.36. The lowest BCUT2D eigenvalue weighted by Crippen LogP contribution is -2.41. The van der Waals surface area contributed by atoms with Crippen molar-refractivity contribution >= 4 is 0 Å². The van der Waals surface area contributed by atoms with Gasteiger partial charge in [-0.05, 0) is 31.3 Å². The molecule has 0 saturated heterocycles. The summed E-state index contributed by atoms with van der Waals surface area (Å²) in [7, 11) is 1.61. The van der Waals surface area contributed by atoms with Crippen molar-refractivity contribution < 1.29 is 9.84 Å². The van der Waals surface area contributed by atoms with E-state index in [-0.39, 0.29) is 6.04 Å². The summed E-state index contributed by atoms with van der Waals surface area (Å²) in [6.07, 6.45) is 3.19. The second-order valence-corrected chi connectivity index (χ2v) is 3.91.